The Labute approximate surface area is 196 Å². The number of amidine groups is 1. The van der Waals surface area contributed by atoms with E-state index in [1.807, 2.05) is 40.6 Å². The fraction of sp³-hybridized carbons (Fsp3) is 0.292. The molecule has 0 radical (unpaired) electrons. The summed E-state index contributed by atoms with van der Waals surface area (Å²) in [5.74, 6) is 0.904. The second-order valence-electron chi connectivity index (χ2n) is 7.66. The summed E-state index contributed by atoms with van der Waals surface area (Å²) in [6.07, 6.45) is 1.74. The van der Waals surface area contributed by atoms with E-state index in [4.69, 9.17) is 13.9 Å². The molecule has 1 amide bonds. The lowest BCUT2D eigenvalue weighted by Gasteiger charge is -2.36. The third-order valence-electron chi connectivity index (χ3n) is 5.57. The number of esters is 1. The largest absolute Gasteiger partial charge is 0.497 e. The average Bonchev–Trinajstić information content (AvgIpc) is 3.47. The number of amides is 1. The minimum Gasteiger partial charge on any atom is -0.497 e. The van der Waals surface area contributed by atoms with Crippen LogP contribution in [-0.4, -0.2) is 48.1 Å². The molecule has 0 saturated carbocycles. The van der Waals surface area contributed by atoms with Gasteiger partial charge in [0, 0.05) is 12.7 Å². The summed E-state index contributed by atoms with van der Waals surface area (Å²) in [6.45, 7) is 2.18. The van der Waals surface area contributed by atoms with E-state index in [0.29, 0.717) is 29.3 Å². The summed E-state index contributed by atoms with van der Waals surface area (Å²) in [5.41, 5.74) is 2.67. The Balaban J connectivity index is 1.64. The lowest BCUT2D eigenvalue weighted by Crippen LogP contribution is -2.38. The fourth-order valence-corrected chi connectivity index (χ4v) is 4.82. The van der Waals surface area contributed by atoms with Crippen LogP contribution in [0.2, 0.25) is 0 Å². The molecule has 9 heteroatoms. The number of furan rings is 1. The number of ether oxygens (including phenoxy) is 2. The van der Waals surface area contributed by atoms with Crippen molar-refractivity contribution in [3.05, 3.63) is 76.4 Å². The molecule has 1 unspecified atom stereocenters. The first-order chi connectivity index (χ1) is 15.9. The number of allylic oxidation sites excluding steroid dienone is 1. The highest BCUT2D eigenvalue weighted by Crippen LogP contribution is 2.45. The minimum absolute atomic E-state index is 0.0705. The Kier molecular flexibility index (Phi) is 6.60. The molecule has 2 aliphatic rings. The molecule has 2 aliphatic heterocycles. The van der Waals surface area contributed by atoms with Gasteiger partial charge >= 0.3 is 5.97 Å². The number of carbonyl (C=O) groups is 2. The maximum Gasteiger partial charge on any atom is 0.338 e. The van der Waals surface area contributed by atoms with E-state index in [1.165, 1.54) is 18.9 Å². The molecule has 172 valence electrons. The van der Waals surface area contributed by atoms with Crippen LogP contribution in [-0.2, 0) is 20.9 Å². The molecule has 8 nitrogen and oxygen atoms in total. The maximum absolute atomic E-state index is 13.0. The van der Waals surface area contributed by atoms with Gasteiger partial charge in [0.1, 0.15) is 11.5 Å². The first-order valence-corrected chi connectivity index (χ1v) is 11.2. The third kappa shape index (κ3) is 4.54. The van der Waals surface area contributed by atoms with Crippen molar-refractivity contribution in [1.82, 2.24) is 9.80 Å². The summed E-state index contributed by atoms with van der Waals surface area (Å²) < 4.78 is 15.7. The Morgan fingerprint density at radius 1 is 1.21 bits per heavy atom. The number of hydrogen-bond acceptors (Lipinski definition) is 8. The maximum atomic E-state index is 13.0. The topological polar surface area (TPSA) is 84.6 Å². The Bertz CT molecular complexity index is 1140. The zero-order chi connectivity index (χ0) is 23.5. The van der Waals surface area contributed by atoms with Gasteiger partial charge in [-0.25, -0.2) is 9.79 Å². The van der Waals surface area contributed by atoms with Gasteiger partial charge in [-0.15, -0.1) is 0 Å². The molecule has 4 rings (SSSR count). The minimum atomic E-state index is -0.472. The summed E-state index contributed by atoms with van der Waals surface area (Å²) in [7, 11) is 4.70. The predicted molar refractivity (Wildman–Crippen MR) is 125 cm³/mol. The van der Waals surface area contributed by atoms with Crippen LogP contribution < -0.4 is 4.74 Å². The standard InChI is InChI=1S/C24H25N3O5S/c1-15-21(23(29)31-4)22(16-7-9-18(30-3)10-8-16)27-17(14-33-24(27)25-15)12-20(28)26(2)13-19-6-5-11-32-19/h5-11,14,22H,12-13H2,1-4H3. The van der Waals surface area contributed by atoms with Crippen molar-refractivity contribution in [1.29, 1.82) is 0 Å². The molecule has 1 aromatic carbocycles. The number of carbonyl (C=O) groups excluding carboxylic acids is 2. The normalized spacial score (nSPS) is 17.3. The van der Waals surface area contributed by atoms with Crippen LogP contribution in [0.25, 0.3) is 0 Å². The zero-order valence-electron chi connectivity index (χ0n) is 18.9. The van der Waals surface area contributed by atoms with Crippen molar-refractivity contribution in [2.24, 2.45) is 4.99 Å². The summed E-state index contributed by atoms with van der Waals surface area (Å²) in [4.78, 5) is 34.0. The lowest BCUT2D eigenvalue weighted by atomic mass is 9.93. The smallest absolute Gasteiger partial charge is 0.338 e. The fourth-order valence-electron chi connectivity index (χ4n) is 3.86. The van der Waals surface area contributed by atoms with Crippen LogP contribution in [0.1, 0.15) is 30.7 Å². The van der Waals surface area contributed by atoms with Crippen molar-refractivity contribution in [2.75, 3.05) is 21.3 Å². The first-order valence-electron chi connectivity index (χ1n) is 10.4. The van der Waals surface area contributed by atoms with Gasteiger partial charge in [-0.2, -0.15) is 0 Å². The molecule has 0 fully saturated rings. The number of methoxy groups -OCH3 is 2. The molecule has 3 heterocycles. The van der Waals surface area contributed by atoms with Gasteiger partial charge in [0.25, 0.3) is 0 Å². The van der Waals surface area contributed by atoms with Crippen molar-refractivity contribution in [3.8, 4) is 5.75 Å². The third-order valence-corrected chi connectivity index (χ3v) is 6.46. The van der Waals surface area contributed by atoms with Crippen LogP contribution in [0.3, 0.4) is 0 Å². The number of fused-ring (bicyclic) bond motifs is 1. The number of thioether (sulfide) groups is 1. The van der Waals surface area contributed by atoms with Crippen molar-refractivity contribution in [2.45, 2.75) is 25.9 Å². The van der Waals surface area contributed by atoms with E-state index in [0.717, 1.165) is 16.4 Å². The number of rotatable bonds is 7. The van der Waals surface area contributed by atoms with Crippen LogP contribution in [0, 0.1) is 0 Å². The Hall–Kier alpha value is -3.46. The second kappa shape index (κ2) is 9.58. The first kappa shape index (κ1) is 22.7. The van der Waals surface area contributed by atoms with Gasteiger partial charge in [0.05, 0.1) is 50.8 Å². The SMILES string of the molecule is COC(=O)C1=C(C)N=C2SC=C(CC(=O)N(C)Cc3ccco3)N2C1c1ccc(OC)cc1. The van der Waals surface area contributed by atoms with Crippen LogP contribution in [0.5, 0.6) is 5.75 Å². The molecular formula is C24H25N3O5S. The van der Waals surface area contributed by atoms with Crippen LogP contribution in [0.15, 0.2) is 74.4 Å². The molecule has 0 N–H and O–H groups in total. The molecule has 1 atom stereocenters. The van der Waals surface area contributed by atoms with E-state index in [9.17, 15) is 9.59 Å². The highest BCUT2D eigenvalue weighted by atomic mass is 32.2. The average molecular weight is 468 g/mol. The van der Waals surface area contributed by atoms with Crippen LogP contribution in [0.4, 0.5) is 0 Å². The molecule has 2 aromatic rings. The van der Waals surface area contributed by atoms with E-state index >= 15 is 0 Å². The van der Waals surface area contributed by atoms with Crippen molar-refractivity contribution >= 4 is 28.8 Å². The van der Waals surface area contributed by atoms with Gasteiger partial charge in [-0.1, -0.05) is 23.9 Å². The van der Waals surface area contributed by atoms with Crippen molar-refractivity contribution < 1.29 is 23.5 Å². The summed E-state index contributed by atoms with van der Waals surface area (Å²) in [6, 6.07) is 10.7. The van der Waals surface area contributed by atoms with Crippen molar-refractivity contribution in [3.63, 3.8) is 0 Å². The molecule has 0 spiro atoms. The van der Waals surface area contributed by atoms with Gasteiger partial charge < -0.3 is 23.7 Å². The second-order valence-corrected chi connectivity index (χ2v) is 8.50. The molecule has 1 aromatic heterocycles. The van der Waals surface area contributed by atoms with Gasteiger partial charge in [0.2, 0.25) is 5.91 Å². The summed E-state index contributed by atoms with van der Waals surface area (Å²) >= 11 is 1.44. The van der Waals surface area contributed by atoms with E-state index < -0.39 is 12.0 Å². The lowest BCUT2D eigenvalue weighted by molar-refractivity contribution is -0.136. The number of benzene rings is 1. The summed E-state index contributed by atoms with van der Waals surface area (Å²) in [5, 5.41) is 2.64. The Morgan fingerprint density at radius 2 is 1.97 bits per heavy atom. The highest BCUT2D eigenvalue weighted by Gasteiger charge is 2.41. The number of hydrogen-bond donors (Lipinski definition) is 0. The van der Waals surface area contributed by atoms with Gasteiger partial charge in [-0.05, 0) is 42.2 Å². The van der Waals surface area contributed by atoms with Gasteiger partial charge in [0.15, 0.2) is 5.17 Å². The molecular weight excluding hydrogens is 442 g/mol. The Morgan fingerprint density at radius 3 is 2.61 bits per heavy atom. The number of nitrogens with zero attached hydrogens (tertiary/aromatic N) is 3. The highest BCUT2D eigenvalue weighted by molar-refractivity contribution is 8.16. The zero-order valence-corrected chi connectivity index (χ0v) is 19.7. The quantitative estimate of drug-likeness (QED) is 0.567. The van der Waals surface area contributed by atoms with Gasteiger partial charge in [-0.3, -0.25) is 4.79 Å². The molecule has 0 aliphatic carbocycles. The molecule has 33 heavy (non-hydrogen) atoms. The van der Waals surface area contributed by atoms with Crippen LogP contribution >= 0.6 is 11.8 Å². The molecule has 0 saturated heterocycles. The predicted octanol–water partition coefficient (Wildman–Crippen LogP) is 4.08. The monoisotopic (exact) mass is 467 g/mol. The molecule has 0 bridgehead atoms. The van der Waals surface area contributed by atoms with E-state index in [1.54, 1.807) is 38.3 Å². The number of aliphatic imine (C=N–C) groups is 1. The van der Waals surface area contributed by atoms with E-state index in [-0.39, 0.29) is 12.3 Å². The van der Waals surface area contributed by atoms with E-state index in [2.05, 4.69) is 4.99 Å².